The number of aliphatic carboxylic acids is 1. The Labute approximate surface area is 127 Å². The zero-order valence-electron chi connectivity index (χ0n) is 12.5. The topological polar surface area (TPSA) is 97.6 Å². The molecule has 1 aromatic heterocycles. The van der Waals surface area contributed by atoms with Gasteiger partial charge in [0, 0.05) is 12.7 Å². The van der Waals surface area contributed by atoms with Gasteiger partial charge in [0.1, 0.15) is 12.1 Å². The van der Waals surface area contributed by atoms with Crippen LogP contribution in [0.15, 0.2) is 18.2 Å². The van der Waals surface area contributed by atoms with E-state index in [-0.39, 0.29) is 18.9 Å². The highest BCUT2D eigenvalue weighted by Gasteiger charge is 2.11. The first-order valence-electron chi connectivity index (χ1n) is 6.93. The van der Waals surface area contributed by atoms with Gasteiger partial charge in [-0.1, -0.05) is 5.21 Å². The summed E-state index contributed by atoms with van der Waals surface area (Å²) in [5.74, 6) is -1.18. The number of likely N-dealkylation sites (N-methyl/N-ethyl adjacent to an activating group) is 1. The molecule has 2 aromatic rings. The Morgan fingerprint density at radius 1 is 1.41 bits per heavy atom. The van der Waals surface area contributed by atoms with Crippen LogP contribution in [0.1, 0.15) is 13.3 Å². The number of carboxylic acids is 1. The molecule has 1 aromatic carbocycles. The van der Waals surface area contributed by atoms with Gasteiger partial charge >= 0.3 is 11.9 Å². The highest BCUT2D eigenvalue weighted by Crippen LogP contribution is 2.19. The molecule has 0 bridgehead atoms. The summed E-state index contributed by atoms with van der Waals surface area (Å²) < 4.78 is 6.51. The van der Waals surface area contributed by atoms with Crippen LogP contribution in [-0.4, -0.2) is 52.2 Å². The van der Waals surface area contributed by atoms with Crippen molar-refractivity contribution in [2.45, 2.75) is 19.9 Å². The predicted molar refractivity (Wildman–Crippen MR) is 79.7 cm³/mol. The van der Waals surface area contributed by atoms with E-state index in [9.17, 15) is 9.59 Å². The van der Waals surface area contributed by atoms with Gasteiger partial charge in [0.25, 0.3) is 0 Å². The van der Waals surface area contributed by atoms with Gasteiger partial charge in [0.15, 0.2) is 0 Å². The van der Waals surface area contributed by atoms with E-state index in [2.05, 4.69) is 10.3 Å². The summed E-state index contributed by atoms with van der Waals surface area (Å²) >= 11 is 0. The van der Waals surface area contributed by atoms with Gasteiger partial charge in [-0.2, -0.15) is 0 Å². The third-order valence-corrected chi connectivity index (χ3v) is 3.14. The Morgan fingerprint density at radius 3 is 2.86 bits per heavy atom. The molecule has 2 rings (SSSR count). The number of anilines is 1. The lowest BCUT2D eigenvalue weighted by Gasteiger charge is -2.16. The quantitative estimate of drug-likeness (QED) is 0.759. The standard InChI is InChI=1S/C14H18N4O4/c1-3-22-14(21)6-7-18-12-5-4-10(8-11(12)15-16-18)17(2)9-13(19)20/h4-5,8H,3,6-7,9H2,1-2H3,(H,19,20). The summed E-state index contributed by atoms with van der Waals surface area (Å²) in [5, 5.41) is 16.9. The number of carboxylic acid groups (broad SMARTS) is 1. The molecule has 22 heavy (non-hydrogen) atoms. The van der Waals surface area contributed by atoms with E-state index in [1.807, 2.05) is 6.07 Å². The molecule has 0 saturated heterocycles. The summed E-state index contributed by atoms with van der Waals surface area (Å²) in [6, 6.07) is 5.38. The number of benzene rings is 1. The second-order valence-electron chi connectivity index (χ2n) is 4.79. The van der Waals surface area contributed by atoms with Crippen molar-refractivity contribution in [3.63, 3.8) is 0 Å². The molecule has 0 spiro atoms. The Morgan fingerprint density at radius 2 is 2.18 bits per heavy atom. The number of aryl methyl sites for hydroxylation is 1. The number of fused-ring (bicyclic) bond motifs is 1. The second kappa shape index (κ2) is 6.88. The fourth-order valence-corrected chi connectivity index (χ4v) is 2.09. The SMILES string of the molecule is CCOC(=O)CCn1nnc2cc(N(C)CC(=O)O)ccc21. The first kappa shape index (κ1) is 15.7. The summed E-state index contributed by atoms with van der Waals surface area (Å²) in [4.78, 5) is 23.7. The Kier molecular flexibility index (Phi) is 4.92. The Balaban J connectivity index is 2.12. The van der Waals surface area contributed by atoms with Gasteiger partial charge in [-0.15, -0.1) is 5.10 Å². The number of nitrogens with zero attached hydrogens (tertiary/aromatic N) is 4. The van der Waals surface area contributed by atoms with Gasteiger partial charge < -0.3 is 14.7 Å². The van der Waals surface area contributed by atoms with E-state index in [1.165, 1.54) is 0 Å². The number of carbonyl (C=O) groups excluding carboxylic acids is 1. The van der Waals surface area contributed by atoms with Crippen molar-refractivity contribution in [1.82, 2.24) is 15.0 Å². The molecule has 0 fully saturated rings. The molecule has 0 aliphatic rings. The zero-order chi connectivity index (χ0) is 16.1. The van der Waals surface area contributed by atoms with Crippen LogP contribution in [0.2, 0.25) is 0 Å². The number of aromatic nitrogens is 3. The van der Waals surface area contributed by atoms with Crippen LogP contribution in [0.3, 0.4) is 0 Å². The van der Waals surface area contributed by atoms with Gasteiger partial charge in [-0.05, 0) is 25.1 Å². The second-order valence-corrected chi connectivity index (χ2v) is 4.79. The van der Waals surface area contributed by atoms with Crippen LogP contribution in [0.5, 0.6) is 0 Å². The third-order valence-electron chi connectivity index (χ3n) is 3.14. The minimum Gasteiger partial charge on any atom is -0.480 e. The smallest absolute Gasteiger partial charge is 0.323 e. The van der Waals surface area contributed by atoms with Crippen molar-refractivity contribution in [3.05, 3.63) is 18.2 Å². The molecule has 1 N–H and O–H groups in total. The van der Waals surface area contributed by atoms with Crippen molar-refractivity contribution >= 4 is 28.7 Å². The lowest BCUT2D eigenvalue weighted by Crippen LogP contribution is -2.24. The molecule has 0 aliphatic heterocycles. The molecule has 8 heteroatoms. The summed E-state index contributed by atoms with van der Waals surface area (Å²) in [7, 11) is 1.69. The summed E-state index contributed by atoms with van der Waals surface area (Å²) in [6.45, 7) is 2.41. The molecule has 0 unspecified atom stereocenters. The third kappa shape index (κ3) is 3.72. The molecule has 0 amide bonds. The number of carbonyl (C=O) groups is 2. The first-order chi connectivity index (χ1) is 10.5. The highest BCUT2D eigenvalue weighted by atomic mass is 16.5. The van der Waals surface area contributed by atoms with E-state index >= 15 is 0 Å². The Bertz CT molecular complexity index is 683. The van der Waals surface area contributed by atoms with Crippen LogP contribution >= 0.6 is 0 Å². The fraction of sp³-hybridized carbons (Fsp3) is 0.429. The van der Waals surface area contributed by atoms with Crippen LogP contribution in [0, 0.1) is 0 Å². The number of hydrogen-bond donors (Lipinski definition) is 1. The first-order valence-corrected chi connectivity index (χ1v) is 6.93. The molecule has 1 heterocycles. The van der Waals surface area contributed by atoms with E-state index in [4.69, 9.17) is 9.84 Å². The highest BCUT2D eigenvalue weighted by molar-refractivity contribution is 5.81. The van der Waals surface area contributed by atoms with Gasteiger partial charge in [-0.3, -0.25) is 9.59 Å². The van der Waals surface area contributed by atoms with E-state index in [0.29, 0.717) is 18.7 Å². The zero-order valence-corrected chi connectivity index (χ0v) is 12.5. The van der Waals surface area contributed by atoms with Gasteiger partial charge in [0.05, 0.1) is 25.1 Å². The number of esters is 1. The van der Waals surface area contributed by atoms with Crippen molar-refractivity contribution in [2.24, 2.45) is 0 Å². The maximum Gasteiger partial charge on any atom is 0.323 e. The summed E-state index contributed by atoms with van der Waals surface area (Å²) in [5.41, 5.74) is 2.18. The molecule has 118 valence electrons. The molecule has 8 nitrogen and oxygen atoms in total. The minimum absolute atomic E-state index is 0.0947. The fourth-order valence-electron chi connectivity index (χ4n) is 2.09. The van der Waals surface area contributed by atoms with Crippen molar-refractivity contribution in [2.75, 3.05) is 25.1 Å². The molecular weight excluding hydrogens is 288 g/mol. The van der Waals surface area contributed by atoms with Crippen LogP contribution in [0.4, 0.5) is 5.69 Å². The maximum atomic E-state index is 11.4. The molecule has 0 aliphatic carbocycles. The monoisotopic (exact) mass is 306 g/mol. The average Bonchev–Trinajstić information content (AvgIpc) is 2.87. The lowest BCUT2D eigenvalue weighted by atomic mass is 10.2. The van der Waals surface area contributed by atoms with Crippen LogP contribution in [0.25, 0.3) is 11.0 Å². The number of rotatable bonds is 7. The van der Waals surface area contributed by atoms with Gasteiger partial charge in [-0.25, -0.2) is 4.68 Å². The van der Waals surface area contributed by atoms with Crippen LogP contribution < -0.4 is 4.90 Å². The van der Waals surface area contributed by atoms with E-state index in [0.717, 1.165) is 11.2 Å². The minimum atomic E-state index is -0.902. The summed E-state index contributed by atoms with van der Waals surface area (Å²) in [6.07, 6.45) is 0.229. The van der Waals surface area contributed by atoms with Crippen molar-refractivity contribution in [3.8, 4) is 0 Å². The Hall–Kier alpha value is -2.64. The van der Waals surface area contributed by atoms with E-state index in [1.54, 1.807) is 35.7 Å². The molecule has 0 atom stereocenters. The molecular formula is C14H18N4O4. The largest absolute Gasteiger partial charge is 0.480 e. The van der Waals surface area contributed by atoms with Crippen LogP contribution in [-0.2, 0) is 20.9 Å². The normalized spacial score (nSPS) is 10.6. The lowest BCUT2D eigenvalue weighted by molar-refractivity contribution is -0.143. The maximum absolute atomic E-state index is 11.4. The van der Waals surface area contributed by atoms with Crippen molar-refractivity contribution in [1.29, 1.82) is 0 Å². The van der Waals surface area contributed by atoms with Crippen molar-refractivity contribution < 1.29 is 19.4 Å². The molecule has 0 saturated carbocycles. The number of hydrogen-bond acceptors (Lipinski definition) is 6. The number of ether oxygens (including phenoxy) is 1. The van der Waals surface area contributed by atoms with Gasteiger partial charge in [0.2, 0.25) is 0 Å². The molecule has 0 radical (unpaired) electrons. The predicted octanol–water partition coefficient (Wildman–Crippen LogP) is 0.905. The van der Waals surface area contributed by atoms with E-state index < -0.39 is 5.97 Å². The average molecular weight is 306 g/mol.